The number of amides is 1. The third-order valence-corrected chi connectivity index (χ3v) is 1.70. The Morgan fingerprint density at radius 2 is 2.21 bits per heavy atom. The summed E-state index contributed by atoms with van der Waals surface area (Å²) < 4.78 is 5.06. The Balaban J connectivity index is 2.36. The van der Waals surface area contributed by atoms with Crippen molar-refractivity contribution in [2.45, 2.75) is 0 Å². The summed E-state index contributed by atoms with van der Waals surface area (Å²) in [5, 5.41) is 0. The van der Waals surface area contributed by atoms with Crippen LogP contribution in [0.4, 0.5) is 11.7 Å². The molecule has 0 N–H and O–H groups in total. The van der Waals surface area contributed by atoms with Gasteiger partial charge in [-0.2, -0.15) is 0 Å². The molecular weight excluding hydrogens is 180 g/mol. The molecule has 14 heavy (non-hydrogen) atoms. The van der Waals surface area contributed by atoms with E-state index in [1.807, 2.05) is 0 Å². The second-order valence-electron chi connectivity index (χ2n) is 2.57. The lowest BCUT2D eigenvalue weighted by molar-refractivity contribution is 0.540. The Bertz CT molecular complexity index is 397. The fourth-order valence-corrected chi connectivity index (χ4v) is 1.09. The predicted molar refractivity (Wildman–Crippen MR) is 50.8 cm³/mol. The fraction of sp³-hybridized carbons (Fsp3) is 0. The van der Waals surface area contributed by atoms with Crippen LogP contribution < -0.4 is 4.90 Å². The molecule has 0 aliphatic rings. The Labute approximate surface area is 80.8 Å². The number of rotatable bonds is 3. The minimum Gasteiger partial charge on any atom is -0.448 e. The average Bonchev–Trinajstić information content (AvgIpc) is 2.74. The molecule has 0 spiro atoms. The quantitative estimate of drug-likeness (QED) is 0.689. The molecule has 0 saturated heterocycles. The molecule has 0 fully saturated rings. The number of carbonyl (C=O) groups excluding carboxylic acids is 1. The SMILES string of the molecule is O=[C]N(c1ccccn1)c1ccco1. The van der Waals surface area contributed by atoms with Crippen molar-refractivity contribution in [1.82, 2.24) is 4.98 Å². The maximum atomic E-state index is 10.7. The highest BCUT2D eigenvalue weighted by Crippen LogP contribution is 2.21. The van der Waals surface area contributed by atoms with Gasteiger partial charge in [0.2, 0.25) is 5.88 Å². The predicted octanol–water partition coefficient (Wildman–Crippen LogP) is 1.88. The molecule has 4 heteroatoms. The van der Waals surface area contributed by atoms with Gasteiger partial charge in [-0.25, -0.2) is 9.88 Å². The van der Waals surface area contributed by atoms with Gasteiger partial charge in [0.25, 0.3) is 0 Å². The van der Waals surface area contributed by atoms with Crippen LogP contribution in [0.5, 0.6) is 0 Å². The zero-order chi connectivity index (χ0) is 9.80. The summed E-state index contributed by atoms with van der Waals surface area (Å²) in [6.07, 6.45) is 4.84. The van der Waals surface area contributed by atoms with Crippen LogP contribution in [0, 0.1) is 0 Å². The van der Waals surface area contributed by atoms with E-state index in [0.717, 1.165) is 0 Å². The van der Waals surface area contributed by atoms with Crippen LogP contribution in [-0.2, 0) is 4.79 Å². The zero-order valence-corrected chi connectivity index (χ0v) is 7.25. The van der Waals surface area contributed by atoms with E-state index < -0.39 is 0 Å². The summed E-state index contributed by atoms with van der Waals surface area (Å²) >= 11 is 0. The first-order valence-corrected chi connectivity index (χ1v) is 4.04. The standard InChI is InChI=1S/C10H7N2O2/c13-8-12(10-5-3-7-14-10)9-4-1-2-6-11-9/h1-7H. The first kappa shape index (κ1) is 8.50. The maximum absolute atomic E-state index is 10.7. The Morgan fingerprint density at radius 3 is 2.79 bits per heavy atom. The third-order valence-electron chi connectivity index (χ3n) is 1.70. The molecule has 0 bridgehead atoms. The van der Waals surface area contributed by atoms with E-state index in [0.29, 0.717) is 11.7 Å². The molecule has 2 rings (SSSR count). The normalized spacial score (nSPS) is 9.71. The number of anilines is 2. The molecule has 0 atom stereocenters. The molecule has 69 valence electrons. The molecule has 0 aliphatic heterocycles. The molecule has 0 unspecified atom stereocenters. The summed E-state index contributed by atoms with van der Waals surface area (Å²) in [7, 11) is 0. The highest BCUT2D eigenvalue weighted by Gasteiger charge is 2.11. The number of hydrogen-bond acceptors (Lipinski definition) is 3. The van der Waals surface area contributed by atoms with Crippen LogP contribution >= 0.6 is 0 Å². The van der Waals surface area contributed by atoms with Crippen molar-refractivity contribution in [3.8, 4) is 0 Å². The summed E-state index contributed by atoms with van der Waals surface area (Å²) in [6, 6.07) is 8.62. The minimum absolute atomic E-state index is 0.402. The molecule has 0 aliphatic carbocycles. The lowest BCUT2D eigenvalue weighted by Gasteiger charge is -2.10. The van der Waals surface area contributed by atoms with Crippen molar-refractivity contribution in [2.75, 3.05) is 4.90 Å². The Hall–Kier alpha value is -2.10. The molecule has 1 radical (unpaired) electrons. The second kappa shape index (κ2) is 3.74. The summed E-state index contributed by atoms with van der Waals surface area (Å²) in [5.41, 5.74) is 0. The highest BCUT2D eigenvalue weighted by molar-refractivity contribution is 5.82. The van der Waals surface area contributed by atoms with E-state index in [2.05, 4.69) is 4.98 Å². The van der Waals surface area contributed by atoms with Crippen molar-refractivity contribution in [3.05, 3.63) is 42.8 Å². The van der Waals surface area contributed by atoms with Gasteiger partial charge < -0.3 is 4.42 Å². The van der Waals surface area contributed by atoms with E-state index in [1.165, 1.54) is 11.2 Å². The van der Waals surface area contributed by atoms with Gasteiger partial charge in [-0.1, -0.05) is 6.07 Å². The van der Waals surface area contributed by atoms with Crippen LogP contribution in [0.25, 0.3) is 0 Å². The van der Waals surface area contributed by atoms with Crippen molar-refractivity contribution >= 4 is 18.1 Å². The van der Waals surface area contributed by atoms with Crippen LogP contribution in [0.15, 0.2) is 47.2 Å². The van der Waals surface area contributed by atoms with Crippen molar-refractivity contribution < 1.29 is 9.21 Å². The van der Waals surface area contributed by atoms with Gasteiger partial charge in [0.1, 0.15) is 5.82 Å². The largest absolute Gasteiger partial charge is 0.448 e. The van der Waals surface area contributed by atoms with Gasteiger partial charge in [-0.3, -0.25) is 4.79 Å². The smallest absolute Gasteiger partial charge is 0.325 e. The van der Waals surface area contributed by atoms with E-state index in [9.17, 15) is 4.79 Å². The second-order valence-corrected chi connectivity index (χ2v) is 2.57. The molecule has 2 aromatic heterocycles. The highest BCUT2D eigenvalue weighted by atomic mass is 16.3. The van der Waals surface area contributed by atoms with E-state index in [4.69, 9.17) is 4.42 Å². The van der Waals surface area contributed by atoms with Gasteiger partial charge in [0.05, 0.1) is 6.26 Å². The number of nitrogens with zero attached hydrogens (tertiary/aromatic N) is 2. The molecule has 2 aromatic rings. The first-order valence-electron chi connectivity index (χ1n) is 4.04. The summed E-state index contributed by atoms with van der Waals surface area (Å²) in [4.78, 5) is 15.9. The summed E-state index contributed by atoms with van der Waals surface area (Å²) in [6.45, 7) is 0. The van der Waals surface area contributed by atoms with E-state index >= 15 is 0 Å². The van der Waals surface area contributed by atoms with E-state index in [1.54, 1.807) is 42.9 Å². The molecule has 2 heterocycles. The van der Waals surface area contributed by atoms with Gasteiger partial charge in [-0.15, -0.1) is 0 Å². The van der Waals surface area contributed by atoms with Crippen LogP contribution in [0.2, 0.25) is 0 Å². The van der Waals surface area contributed by atoms with Gasteiger partial charge in [0, 0.05) is 12.3 Å². The maximum Gasteiger partial charge on any atom is 0.325 e. The van der Waals surface area contributed by atoms with E-state index in [-0.39, 0.29) is 0 Å². The third kappa shape index (κ3) is 1.50. The number of pyridine rings is 1. The van der Waals surface area contributed by atoms with Crippen molar-refractivity contribution in [1.29, 1.82) is 0 Å². The number of furan rings is 1. The minimum atomic E-state index is 0.402. The first-order chi connectivity index (χ1) is 6.92. The van der Waals surface area contributed by atoms with Crippen LogP contribution in [-0.4, -0.2) is 11.4 Å². The molecule has 0 saturated carbocycles. The van der Waals surface area contributed by atoms with Crippen LogP contribution in [0.1, 0.15) is 0 Å². The van der Waals surface area contributed by atoms with Crippen molar-refractivity contribution in [3.63, 3.8) is 0 Å². The lowest BCUT2D eigenvalue weighted by atomic mass is 10.4. The Morgan fingerprint density at radius 1 is 1.29 bits per heavy atom. The molecule has 4 nitrogen and oxygen atoms in total. The number of aromatic nitrogens is 1. The van der Waals surface area contributed by atoms with Gasteiger partial charge in [0.15, 0.2) is 0 Å². The fourth-order valence-electron chi connectivity index (χ4n) is 1.09. The molecule has 0 aromatic carbocycles. The number of hydrogen-bond donors (Lipinski definition) is 0. The summed E-state index contributed by atoms with van der Waals surface area (Å²) in [5.74, 6) is 0.885. The lowest BCUT2D eigenvalue weighted by Crippen LogP contribution is -2.14. The molecule has 1 amide bonds. The monoisotopic (exact) mass is 187 g/mol. The Kier molecular flexibility index (Phi) is 2.27. The van der Waals surface area contributed by atoms with Gasteiger partial charge in [-0.05, 0) is 18.2 Å². The zero-order valence-electron chi connectivity index (χ0n) is 7.25. The van der Waals surface area contributed by atoms with Crippen molar-refractivity contribution in [2.24, 2.45) is 0 Å². The van der Waals surface area contributed by atoms with Crippen LogP contribution in [0.3, 0.4) is 0 Å². The average molecular weight is 187 g/mol. The molecular formula is C10H7N2O2. The topological polar surface area (TPSA) is 46.3 Å². The van der Waals surface area contributed by atoms with Gasteiger partial charge >= 0.3 is 6.41 Å².